The number of hydrogen-bond donors (Lipinski definition) is 2. The molecule has 0 radical (unpaired) electrons. The number of anilines is 2. The van der Waals surface area contributed by atoms with Crippen LogP contribution in [0.1, 0.15) is 26.7 Å². The van der Waals surface area contributed by atoms with Crippen molar-refractivity contribution in [2.45, 2.75) is 32.7 Å². The normalized spacial score (nSPS) is 14.5. The van der Waals surface area contributed by atoms with E-state index >= 15 is 0 Å². The molecule has 0 saturated heterocycles. The van der Waals surface area contributed by atoms with Crippen molar-refractivity contribution in [3.63, 3.8) is 0 Å². The van der Waals surface area contributed by atoms with Crippen molar-refractivity contribution >= 4 is 17.4 Å². The molecule has 1 aliphatic rings. The highest BCUT2D eigenvalue weighted by Gasteiger charge is 2.31. The number of nitrogens with one attached hydrogen (secondary N) is 1. The van der Waals surface area contributed by atoms with Crippen LogP contribution in [0.3, 0.4) is 0 Å². The summed E-state index contributed by atoms with van der Waals surface area (Å²) >= 11 is 0. The van der Waals surface area contributed by atoms with Crippen LogP contribution in [0.15, 0.2) is 18.3 Å². The molecule has 0 atom stereocenters. The van der Waals surface area contributed by atoms with E-state index in [1.165, 1.54) is 0 Å². The molecule has 5 nitrogen and oxygen atoms in total. The summed E-state index contributed by atoms with van der Waals surface area (Å²) in [6, 6.07) is 4.15. The third-order valence-corrected chi connectivity index (χ3v) is 3.07. The van der Waals surface area contributed by atoms with E-state index in [2.05, 4.69) is 29.0 Å². The van der Waals surface area contributed by atoms with Gasteiger partial charge in [0.15, 0.2) is 0 Å². The topological polar surface area (TPSA) is 71.2 Å². The molecule has 0 aliphatic heterocycles. The molecule has 1 amide bonds. The lowest BCUT2D eigenvalue weighted by Crippen LogP contribution is -2.40. The van der Waals surface area contributed by atoms with Gasteiger partial charge >= 0.3 is 0 Å². The van der Waals surface area contributed by atoms with Gasteiger partial charge in [-0.1, -0.05) is 13.8 Å². The summed E-state index contributed by atoms with van der Waals surface area (Å²) in [6.45, 7) is 5.25. The summed E-state index contributed by atoms with van der Waals surface area (Å²) < 4.78 is 0. The monoisotopic (exact) mass is 262 g/mol. The van der Waals surface area contributed by atoms with Crippen molar-refractivity contribution in [1.29, 1.82) is 0 Å². The number of pyridine rings is 1. The molecule has 0 aromatic carbocycles. The number of amides is 1. The van der Waals surface area contributed by atoms with Crippen LogP contribution in [-0.2, 0) is 4.79 Å². The molecular formula is C14H22N4O. The molecule has 1 aliphatic carbocycles. The summed E-state index contributed by atoms with van der Waals surface area (Å²) in [5.41, 5.74) is 6.28. The molecule has 5 heteroatoms. The Hall–Kier alpha value is -1.78. The van der Waals surface area contributed by atoms with Crippen LogP contribution >= 0.6 is 0 Å². The van der Waals surface area contributed by atoms with Crippen molar-refractivity contribution < 1.29 is 4.79 Å². The van der Waals surface area contributed by atoms with E-state index in [1.807, 2.05) is 12.1 Å². The maximum absolute atomic E-state index is 11.9. The van der Waals surface area contributed by atoms with Crippen molar-refractivity contribution in [3.05, 3.63) is 18.3 Å². The SMILES string of the molecule is CC(C)CNC(=O)CN(c1ccc(N)cn1)C1CC1. The first-order valence-corrected chi connectivity index (χ1v) is 6.81. The molecular weight excluding hydrogens is 240 g/mol. The smallest absolute Gasteiger partial charge is 0.239 e. The van der Waals surface area contributed by atoms with Crippen molar-refractivity contribution in [1.82, 2.24) is 10.3 Å². The second-order valence-corrected chi connectivity index (χ2v) is 5.51. The fraction of sp³-hybridized carbons (Fsp3) is 0.571. The zero-order valence-electron chi connectivity index (χ0n) is 11.6. The second kappa shape index (κ2) is 5.91. The maximum atomic E-state index is 11.9. The van der Waals surface area contributed by atoms with Gasteiger partial charge < -0.3 is 16.0 Å². The Morgan fingerprint density at radius 3 is 2.79 bits per heavy atom. The first kappa shape index (κ1) is 13.6. The molecule has 3 N–H and O–H groups in total. The Balaban J connectivity index is 1.96. The lowest BCUT2D eigenvalue weighted by Gasteiger charge is -2.23. The molecule has 1 heterocycles. The lowest BCUT2D eigenvalue weighted by atomic mass is 10.2. The molecule has 19 heavy (non-hydrogen) atoms. The van der Waals surface area contributed by atoms with Crippen LogP contribution in [0.2, 0.25) is 0 Å². The molecule has 1 aromatic heterocycles. The minimum Gasteiger partial charge on any atom is -0.397 e. The third kappa shape index (κ3) is 4.12. The highest BCUT2D eigenvalue weighted by atomic mass is 16.2. The zero-order chi connectivity index (χ0) is 13.8. The van der Waals surface area contributed by atoms with E-state index in [4.69, 9.17) is 5.73 Å². The van der Waals surface area contributed by atoms with Gasteiger partial charge in [0.2, 0.25) is 5.91 Å². The zero-order valence-corrected chi connectivity index (χ0v) is 11.6. The van der Waals surface area contributed by atoms with Crippen LogP contribution in [0.25, 0.3) is 0 Å². The minimum absolute atomic E-state index is 0.0548. The molecule has 0 spiro atoms. The second-order valence-electron chi connectivity index (χ2n) is 5.51. The van der Waals surface area contributed by atoms with E-state index in [9.17, 15) is 4.79 Å². The number of carbonyl (C=O) groups excluding carboxylic acids is 1. The Bertz CT molecular complexity index is 426. The first-order valence-electron chi connectivity index (χ1n) is 6.81. The highest BCUT2D eigenvalue weighted by Crippen LogP contribution is 2.30. The van der Waals surface area contributed by atoms with Gasteiger partial charge in [-0.25, -0.2) is 4.98 Å². The summed E-state index contributed by atoms with van der Waals surface area (Å²) in [5.74, 6) is 1.35. The molecule has 2 rings (SSSR count). The van der Waals surface area contributed by atoms with Gasteiger partial charge in [-0.2, -0.15) is 0 Å². The van der Waals surface area contributed by atoms with E-state index in [0.29, 0.717) is 30.7 Å². The van der Waals surface area contributed by atoms with Crippen LogP contribution in [0.5, 0.6) is 0 Å². The average molecular weight is 262 g/mol. The van der Waals surface area contributed by atoms with Crippen molar-refractivity contribution in [2.24, 2.45) is 5.92 Å². The van der Waals surface area contributed by atoms with E-state index in [0.717, 1.165) is 18.7 Å². The number of rotatable bonds is 6. The Labute approximate surface area is 114 Å². The molecule has 1 aromatic rings. The lowest BCUT2D eigenvalue weighted by molar-refractivity contribution is -0.119. The number of nitrogens with zero attached hydrogens (tertiary/aromatic N) is 2. The summed E-state index contributed by atoms with van der Waals surface area (Å²) in [4.78, 5) is 18.3. The van der Waals surface area contributed by atoms with Crippen LogP contribution < -0.4 is 16.0 Å². The van der Waals surface area contributed by atoms with Gasteiger partial charge in [-0.15, -0.1) is 0 Å². The fourth-order valence-corrected chi connectivity index (χ4v) is 1.88. The van der Waals surface area contributed by atoms with Crippen molar-refractivity contribution in [2.75, 3.05) is 23.7 Å². The summed E-state index contributed by atoms with van der Waals surface area (Å²) in [7, 11) is 0. The predicted octanol–water partition coefficient (Wildman–Crippen LogP) is 1.40. The van der Waals surface area contributed by atoms with Crippen LogP contribution in [0, 0.1) is 5.92 Å². The third-order valence-electron chi connectivity index (χ3n) is 3.07. The van der Waals surface area contributed by atoms with Gasteiger partial charge in [0.05, 0.1) is 18.4 Å². The Kier molecular flexibility index (Phi) is 4.24. The molecule has 104 valence electrons. The molecule has 0 unspecified atom stereocenters. The molecule has 1 saturated carbocycles. The quantitative estimate of drug-likeness (QED) is 0.813. The highest BCUT2D eigenvalue weighted by molar-refractivity contribution is 5.81. The van der Waals surface area contributed by atoms with Crippen molar-refractivity contribution in [3.8, 4) is 0 Å². The van der Waals surface area contributed by atoms with E-state index < -0.39 is 0 Å². The van der Waals surface area contributed by atoms with Gasteiger partial charge in [0, 0.05) is 12.6 Å². The molecule has 0 bridgehead atoms. The number of carbonyl (C=O) groups is 1. The van der Waals surface area contributed by atoms with Gasteiger partial charge in [0.25, 0.3) is 0 Å². The maximum Gasteiger partial charge on any atom is 0.239 e. The Morgan fingerprint density at radius 2 is 2.26 bits per heavy atom. The first-order chi connectivity index (χ1) is 9.06. The summed E-state index contributed by atoms with van der Waals surface area (Å²) in [5, 5.41) is 2.94. The number of nitrogen functional groups attached to an aromatic ring is 1. The Morgan fingerprint density at radius 1 is 1.53 bits per heavy atom. The van der Waals surface area contributed by atoms with E-state index in [-0.39, 0.29) is 5.91 Å². The minimum atomic E-state index is 0.0548. The standard InChI is InChI=1S/C14H22N4O/c1-10(2)7-17-14(19)9-18(12-4-5-12)13-6-3-11(15)8-16-13/h3,6,8,10,12H,4-5,7,9,15H2,1-2H3,(H,17,19). The predicted molar refractivity (Wildman–Crippen MR) is 76.9 cm³/mol. The molecule has 1 fully saturated rings. The fourth-order valence-electron chi connectivity index (χ4n) is 1.88. The van der Waals surface area contributed by atoms with Gasteiger partial charge in [-0.3, -0.25) is 4.79 Å². The van der Waals surface area contributed by atoms with Crippen LogP contribution in [0.4, 0.5) is 11.5 Å². The number of aromatic nitrogens is 1. The van der Waals surface area contributed by atoms with Gasteiger partial charge in [-0.05, 0) is 30.9 Å². The summed E-state index contributed by atoms with van der Waals surface area (Å²) in [6.07, 6.45) is 3.89. The average Bonchev–Trinajstić information content (AvgIpc) is 3.19. The van der Waals surface area contributed by atoms with Gasteiger partial charge in [0.1, 0.15) is 5.82 Å². The largest absolute Gasteiger partial charge is 0.397 e. The van der Waals surface area contributed by atoms with Crippen LogP contribution in [-0.4, -0.2) is 30.0 Å². The number of nitrogens with two attached hydrogens (primary N) is 1. The van der Waals surface area contributed by atoms with E-state index in [1.54, 1.807) is 6.20 Å². The number of hydrogen-bond acceptors (Lipinski definition) is 4.